The number of para-hydroxylation sites is 1. The molecule has 1 fully saturated rings. The lowest BCUT2D eigenvalue weighted by molar-refractivity contribution is -0.120. The van der Waals surface area contributed by atoms with Gasteiger partial charge in [-0.25, -0.2) is 12.8 Å². The highest BCUT2D eigenvalue weighted by Crippen LogP contribution is 2.27. The van der Waals surface area contributed by atoms with E-state index >= 15 is 0 Å². The second kappa shape index (κ2) is 9.17. The molecular weight excluding hydrogens is 435 g/mol. The Bertz CT molecular complexity index is 1220. The Kier molecular flexibility index (Phi) is 6.33. The van der Waals surface area contributed by atoms with Crippen LogP contribution >= 0.6 is 0 Å². The Morgan fingerprint density at radius 1 is 1.19 bits per heavy atom. The third kappa shape index (κ3) is 4.56. The fourth-order valence-corrected chi connectivity index (χ4v) is 5.13. The molecule has 10 heteroatoms. The number of hydrogen-bond acceptors (Lipinski definition) is 6. The van der Waals surface area contributed by atoms with Crippen LogP contribution in [0.5, 0.6) is 0 Å². The van der Waals surface area contributed by atoms with Gasteiger partial charge in [0.05, 0.1) is 10.6 Å². The number of carbonyl (C=O) groups excluding carboxylic acids is 1. The lowest BCUT2D eigenvalue weighted by atomic mass is 9.97. The topological polar surface area (TPSA) is 105 Å². The van der Waals surface area contributed by atoms with E-state index in [1.165, 1.54) is 28.6 Å². The largest absolute Gasteiger partial charge is 0.339 e. The third-order valence-electron chi connectivity index (χ3n) is 5.46. The molecule has 0 radical (unpaired) electrons. The lowest BCUT2D eigenvalue weighted by Gasteiger charge is -2.30. The molecule has 8 nitrogen and oxygen atoms in total. The van der Waals surface area contributed by atoms with Crippen molar-refractivity contribution in [2.75, 3.05) is 18.4 Å². The smallest absolute Gasteiger partial charge is 0.243 e. The minimum absolute atomic E-state index is 0.122. The minimum atomic E-state index is -3.75. The molecule has 4 rings (SSSR count). The summed E-state index contributed by atoms with van der Waals surface area (Å²) >= 11 is 0. The van der Waals surface area contributed by atoms with Gasteiger partial charge in [-0.1, -0.05) is 36.3 Å². The van der Waals surface area contributed by atoms with Crippen LogP contribution in [0.4, 0.5) is 10.1 Å². The van der Waals surface area contributed by atoms with Gasteiger partial charge >= 0.3 is 0 Å². The first-order chi connectivity index (χ1) is 15.4. The fourth-order valence-electron chi connectivity index (χ4n) is 3.62. The number of rotatable bonds is 6. The molecule has 0 spiro atoms. The summed E-state index contributed by atoms with van der Waals surface area (Å²) in [5.41, 5.74) is 0.672. The summed E-state index contributed by atoms with van der Waals surface area (Å²) in [5.74, 6) is -0.392. The van der Waals surface area contributed by atoms with Crippen LogP contribution in [-0.4, -0.2) is 41.9 Å². The second-order valence-corrected chi connectivity index (χ2v) is 9.48. The van der Waals surface area contributed by atoms with Crippen molar-refractivity contribution in [2.24, 2.45) is 5.92 Å². The lowest BCUT2D eigenvalue weighted by Crippen LogP contribution is -2.41. The van der Waals surface area contributed by atoms with Gasteiger partial charge in [-0.15, -0.1) is 0 Å². The summed E-state index contributed by atoms with van der Waals surface area (Å²) in [4.78, 5) is 16.9. The highest BCUT2D eigenvalue weighted by Gasteiger charge is 2.32. The number of benzene rings is 2. The van der Waals surface area contributed by atoms with E-state index < -0.39 is 15.8 Å². The Hall–Kier alpha value is -3.11. The standard InChI is InChI=1S/C22H23FN4O4S/c1-2-20-25-21(26-31-20)16-6-5-7-17(14-16)32(29,30)27-12-10-15(11-13-27)22(28)24-19-9-4-3-8-18(19)23/h3-9,14-15H,2,10-13H2,1H3,(H,24,28). The van der Waals surface area contributed by atoms with Gasteiger partial charge in [-0.2, -0.15) is 9.29 Å². The van der Waals surface area contributed by atoms with Gasteiger partial charge in [-0.3, -0.25) is 4.79 Å². The van der Waals surface area contributed by atoms with Crippen LogP contribution in [0.25, 0.3) is 11.4 Å². The maximum Gasteiger partial charge on any atom is 0.243 e. The van der Waals surface area contributed by atoms with Crippen LogP contribution in [0.15, 0.2) is 57.9 Å². The number of aryl methyl sites for hydroxylation is 1. The zero-order valence-corrected chi connectivity index (χ0v) is 18.3. The summed E-state index contributed by atoms with van der Waals surface area (Å²) in [6.07, 6.45) is 1.29. The average Bonchev–Trinajstić information content (AvgIpc) is 3.30. The monoisotopic (exact) mass is 458 g/mol. The molecule has 0 aliphatic carbocycles. The Morgan fingerprint density at radius 3 is 2.62 bits per heavy atom. The molecule has 32 heavy (non-hydrogen) atoms. The van der Waals surface area contributed by atoms with Crippen molar-refractivity contribution in [3.05, 3.63) is 60.2 Å². The van der Waals surface area contributed by atoms with E-state index in [4.69, 9.17) is 4.52 Å². The number of piperidine rings is 1. The van der Waals surface area contributed by atoms with Gasteiger partial charge in [0.15, 0.2) is 0 Å². The number of sulfonamides is 1. The van der Waals surface area contributed by atoms with Crippen LogP contribution in [0.3, 0.4) is 0 Å². The van der Waals surface area contributed by atoms with E-state index in [9.17, 15) is 17.6 Å². The van der Waals surface area contributed by atoms with Crippen LogP contribution in [0, 0.1) is 11.7 Å². The molecule has 0 atom stereocenters. The van der Waals surface area contributed by atoms with E-state index in [1.54, 1.807) is 24.3 Å². The van der Waals surface area contributed by atoms with Crippen LogP contribution in [-0.2, 0) is 21.2 Å². The highest BCUT2D eigenvalue weighted by atomic mass is 32.2. The normalized spacial score (nSPS) is 15.6. The third-order valence-corrected chi connectivity index (χ3v) is 7.35. The summed E-state index contributed by atoms with van der Waals surface area (Å²) in [7, 11) is -3.75. The van der Waals surface area contributed by atoms with Gasteiger partial charge in [-0.05, 0) is 37.1 Å². The van der Waals surface area contributed by atoms with Crippen molar-refractivity contribution >= 4 is 21.6 Å². The Labute approximate surface area is 185 Å². The maximum atomic E-state index is 13.8. The van der Waals surface area contributed by atoms with Gasteiger partial charge in [0.25, 0.3) is 0 Å². The van der Waals surface area contributed by atoms with E-state index in [0.29, 0.717) is 36.5 Å². The molecule has 1 saturated heterocycles. The number of hydrogen-bond donors (Lipinski definition) is 1. The maximum absolute atomic E-state index is 13.8. The Morgan fingerprint density at radius 2 is 1.94 bits per heavy atom. The zero-order chi connectivity index (χ0) is 22.7. The first kappa shape index (κ1) is 22.1. The number of halogens is 1. The van der Waals surface area contributed by atoms with E-state index in [2.05, 4.69) is 15.5 Å². The molecule has 1 aliphatic heterocycles. The number of amides is 1. The zero-order valence-electron chi connectivity index (χ0n) is 17.5. The van der Waals surface area contributed by atoms with Gasteiger partial charge in [0.2, 0.25) is 27.6 Å². The summed E-state index contributed by atoms with van der Waals surface area (Å²) in [6.45, 7) is 2.28. The highest BCUT2D eigenvalue weighted by molar-refractivity contribution is 7.89. The molecule has 2 heterocycles. The van der Waals surface area contributed by atoms with Crippen LogP contribution in [0.2, 0.25) is 0 Å². The molecule has 168 valence electrons. The van der Waals surface area contributed by atoms with Crippen LogP contribution < -0.4 is 5.32 Å². The molecule has 3 aromatic rings. The molecule has 2 aromatic carbocycles. The number of nitrogens with one attached hydrogen (secondary N) is 1. The molecule has 0 bridgehead atoms. The van der Waals surface area contributed by atoms with Gasteiger partial charge < -0.3 is 9.84 Å². The van der Waals surface area contributed by atoms with Crippen molar-refractivity contribution in [1.29, 1.82) is 0 Å². The van der Waals surface area contributed by atoms with Crippen molar-refractivity contribution in [1.82, 2.24) is 14.4 Å². The fraction of sp³-hybridized carbons (Fsp3) is 0.318. The average molecular weight is 459 g/mol. The van der Waals surface area contributed by atoms with E-state index in [0.717, 1.165) is 0 Å². The second-order valence-electron chi connectivity index (χ2n) is 7.54. The van der Waals surface area contributed by atoms with Crippen molar-refractivity contribution in [3.63, 3.8) is 0 Å². The van der Waals surface area contributed by atoms with Crippen LogP contribution in [0.1, 0.15) is 25.7 Å². The first-order valence-electron chi connectivity index (χ1n) is 10.4. The van der Waals surface area contributed by atoms with Crippen molar-refractivity contribution in [3.8, 4) is 11.4 Å². The summed E-state index contributed by atoms with van der Waals surface area (Å²) in [6, 6.07) is 12.4. The Balaban J connectivity index is 1.43. The van der Waals surface area contributed by atoms with Crippen molar-refractivity contribution in [2.45, 2.75) is 31.1 Å². The van der Waals surface area contributed by atoms with Gasteiger partial charge in [0, 0.05) is 31.0 Å². The predicted octanol–water partition coefficient (Wildman–Crippen LogP) is 3.48. The molecule has 0 unspecified atom stereocenters. The van der Waals surface area contributed by atoms with E-state index in [-0.39, 0.29) is 35.5 Å². The van der Waals surface area contributed by atoms with Crippen molar-refractivity contribution < 1.29 is 22.1 Å². The SMILES string of the molecule is CCc1nc(-c2cccc(S(=O)(=O)N3CCC(C(=O)Nc4ccccc4F)CC3)c2)no1. The molecular formula is C22H23FN4O4S. The molecule has 1 amide bonds. The predicted molar refractivity (Wildman–Crippen MR) is 116 cm³/mol. The van der Waals surface area contributed by atoms with Gasteiger partial charge in [0.1, 0.15) is 5.82 Å². The quantitative estimate of drug-likeness (QED) is 0.606. The first-order valence-corrected chi connectivity index (χ1v) is 11.8. The van der Waals surface area contributed by atoms with E-state index in [1.807, 2.05) is 6.92 Å². The molecule has 0 saturated carbocycles. The number of carbonyl (C=O) groups is 1. The molecule has 1 aliphatic rings. The number of aromatic nitrogens is 2. The summed E-state index contributed by atoms with van der Waals surface area (Å²) in [5, 5.41) is 6.49. The minimum Gasteiger partial charge on any atom is -0.339 e. The summed E-state index contributed by atoms with van der Waals surface area (Å²) < 4.78 is 46.6. The molecule has 1 N–H and O–H groups in total. The molecule has 1 aromatic heterocycles. The number of anilines is 1. The number of nitrogens with zero attached hydrogens (tertiary/aromatic N) is 3.